The molecule has 0 spiro atoms. The van der Waals surface area contributed by atoms with Gasteiger partial charge in [0.15, 0.2) is 0 Å². The predicted molar refractivity (Wildman–Crippen MR) is 117 cm³/mol. The van der Waals surface area contributed by atoms with Gasteiger partial charge in [0, 0.05) is 27.6 Å². The number of ether oxygens (including phenoxy) is 2. The van der Waals surface area contributed by atoms with E-state index in [0.717, 1.165) is 17.0 Å². The van der Waals surface area contributed by atoms with Crippen LogP contribution >= 0.6 is 23.4 Å². The van der Waals surface area contributed by atoms with E-state index in [4.69, 9.17) is 21.1 Å². The number of carbonyl (C=O) groups is 2. The van der Waals surface area contributed by atoms with Crippen molar-refractivity contribution in [1.29, 1.82) is 0 Å². The molecule has 0 aliphatic carbocycles. The van der Waals surface area contributed by atoms with Crippen LogP contribution in [0.25, 0.3) is 0 Å². The molecule has 1 aromatic carbocycles. The summed E-state index contributed by atoms with van der Waals surface area (Å²) < 4.78 is 9.96. The Morgan fingerprint density at radius 2 is 1.83 bits per heavy atom. The Bertz CT molecular complexity index is 765. The third-order valence-electron chi connectivity index (χ3n) is 5.11. The first-order valence-corrected chi connectivity index (χ1v) is 11.3. The van der Waals surface area contributed by atoms with Crippen LogP contribution in [0.15, 0.2) is 40.4 Å². The zero-order chi connectivity index (χ0) is 21.6. The van der Waals surface area contributed by atoms with Crippen LogP contribution in [0, 0.1) is 5.92 Å². The van der Waals surface area contributed by atoms with Crippen LogP contribution in [0.4, 0.5) is 0 Å². The van der Waals surface area contributed by atoms with Crippen molar-refractivity contribution in [3.8, 4) is 0 Å². The fourth-order valence-corrected chi connectivity index (χ4v) is 5.42. The molecule has 29 heavy (non-hydrogen) atoms. The molecule has 0 saturated heterocycles. The van der Waals surface area contributed by atoms with E-state index in [0.29, 0.717) is 23.6 Å². The van der Waals surface area contributed by atoms with Crippen molar-refractivity contribution in [1.82, 2.24) is 5.32 Å². The molecule has 0 fully saturated rings. The van der Waals surface area contributed by atoms with Crippen LogP contribution in [-0.4, -0.2) is 35.9 Å². The molecule has 0 radical (unpaired) electrons. The molecule has 1 heterocycles. The number of halogens is 1. The maximum atomic E-state index is 13.5. The SMILES string of the molecule is CCCOC(=O)C1(Sc2ccc(Cl)cc2)C(C)NC(C)=C(C(=O)OCC)C1CC. The number of rotatable bonds is 8. The van der Waals surface area contributed by atoms with Gasteiger partial charge in [-0.25, -0.2) is 4.79 Å². The fourth-order valence-electron chi connectivity index (χ4n) is 3.82. The van der Waals surface area contributed by atoms with E-state index in [9.17, 15) is 9.59 Å². The number of hydrogen-bond donors (Lipinski definition) is 1. The molecule has 0 bridgehead atoms. The third kappa shape index (κ3) is 4.92. The van der Waals surface area contributed by atoms with E-state index in [1.165, 1.54) is 11.8 Å². The molecule has 3 unspecified atom stereocenters. The van der Waals surface area contributed by atoms with Crippen LogP contribution in [0.1, 0.15) is 47.5 Å². The van der Waals surface area contributed by atoms with Gasteiger partial charge in [-0.05, 0) is 57.9 Å². The largest absolute Gasteiger partial charge is 0.465 e. The van der Waals surface area contributed by atoms with Crippen LogP contribution in [-0.2, 0) is 19.1 Å². The Labute approximate surface area is 182 Å². The lowest BCUT2D eigenvalue weighted by Crippen LogP contribution is -2.61. The number of thioether (sulfide) groups is 1. The molecule has 1 aromatic rings. The quantitative estimate of drug-likeness (QED) is 0.576. The van der Waals surface area contributed by atoms with E-state index >= 15 is 0 Å². The minimum atomic E-state index is -1.01. The lowest BCUT2D eigenvalue weighted by atomic mass is 9.75. The van der Waals surface area contributed by atoms with Crippen molar-refractivity contribution in [3.05, 3.63) is 40.6 Å². The molecule has 2 rings (SSSR count). The van der Waals surface area contributed by atoms with Crippen molar-refractivity contribution in [2.75, 3.05) is 13.2 Å². The molecular formula is C22H30ClNO4S. The Morgan fingerprint density at radius 3 is 2.38 bits per heavy atom. The van der Waals surface area contributed by atoms with Gasteiger partial charge in [0.05, 0.1) is 18.8 Å². The highest BCUT2D eigenvalue weighted by Gasteiger charge is 2.57. The molecule has 0 aromatic heterocycles. The summed E-state index contributed by atoms with van der Waals surface area (Å²) >= 11 is 7.47. The Kier molecular flexibility index (Phi) is 8.46. The lowest BCUT2D eigenvalue weighted by molar-refractivity contribution is -0.149. The summed E-state index contributed by atoms with van der Waals surface area (Å²) in [5.41, 5.74) is 1.26. The van der Waals surface area contributed by atoms with Gasteiger partial charge in [-0.15, -0.1) is 11.8 Å². The Balaban J connectivity index is 2.60. The summed E-state index contributed by atoms with van der Waals surface area (Å²) in [4.78, 5) is 27.2. The highest BCUT2D eigenvalue weighted by atomic mass is 35.5. The maximum Gasteiger partial charge on any atom is 0.336 e. The summed E-state index contributed by atoms with van der Waals surface area (Å²) in [6, 6.07) is 7.11. The van der Waals surface area contributed by atoms with Gasteiger partial charge in [-0.3, -0.25) is 4.79 Å². The zero-order valence-corrected chi connectivity index (χ0v) is 19.3. The molecular weight excluding hydrogens is 410 g/mol. The van der Waals surface area contributed by atoms with Crippen molar-refractivity contribution in [3.63, 3.8) is 0 Å². The molecule has 0 saturated carbocycles. The fraction of sp³-hybridized carbons (Fsp3) is 0.545. The van der Waals surface area contributed by atoms with Gasteiger partial charge < -0.3 is 14.8 Å². The van der Waals surface area contributed by atoms with Crippen molar-refractivity contribution in [2.24, 2.45) is 5.92 Å². The Morgan fingerprint density at radius 1 is 1.17 bits per heavy atom. The average molecular weight is 440 g/mol. The number of esters is 2. The molecule has 5 nitrogen and oxygen atoms in total. The van der Waals surface area contributed by atoms with Crippen molar-refractivity contribution < 1.29 is 19.1 Å². The van der Waals surface area contributed by atoms with Crippen LogP contribution < -0.4 is 5.32 Å². The van der Waals surface area contributed by atoms with E-state index in [2.05, 4.69) is 5.32 Å². The first-order chi connectivity index (χ1) is 13.8. The van der Waals surface area contributed by atoms with Crippen LogP contribution in [0.3, 0.4) is 0 Å². The second-order valence-corrected chi connectivity index (χ2v) is 8.86. The summed E-state index contributed by atoms with van der Waals surface area (Å²) in [7, 11) is 0. The second-order valence-electron chi connectivity index (χ2n) is 7.07. The standard InChI is InChI=1S/C22H30ClNO4S/c1-6-13-28-21(26)22(29-17-11-9-16(23)10-12-17)15(5)24-14(4)19(18(22)7-2)20(25)27-8-3/h9-12,15,18,24H,6-8,13H2,1-5H3. The first kappa shape index (κ1) is 23.6. The normalized spacial score (nSPS) is 24.1. The zero-order valence-electron chi connectivity index (χ0n) is 17.7. The van der Waals surface area contributed by atoms with Gasteiger partial charge >= 0.3 is 11.9 Å². The molecule has 1 N–H and O–H groups in total. The van der Waals surface area contributed by atoms with Crippen LogP contribution in [0.5, 0.6) is 0 Å². The van der Waals surface area contributed by atoms with E-state index in [-0.39, 0.29) is 30.5 Å². The number of nitrogens with one attached hydrogen (secondary N) is 1. The molecule has 0 amide bonds. The average Bonchev–Trinajstić information content (AvgIpc) is 2.69. The van der Waals surface area contributed by atoms with Gasteiger partial charge in [-0.2, -0.15) is 0 Å². The number of benzene rings is 1. The monoisotopic (exact) mass is 439 g/mol. The molecule has 160 valence electrons. The number of allylic oxidation sites excluding steroid dienone is 1. The molecule has 1 aliphatic rings. The van der Waals surface area contributed by atoms with E-state index in [1.807, 2.05) is 39.8 Å². The summed E-state index contributed by atoms with van der Waals surface area (Å²) in [5.74, 6) is -1.07. The summed E-state index contributed by atoms with van der Waals surface area (Å²) in [5, 5.41) is 3.97. The highest BCUT2D eigenvalue weighted by molar-refractivity contribution is 8.01. The first-order valence-electron chi connectivity index (χ1n) is 10.1. The molecule has 3 atom stereocenters. The summed E-state index contributed by atoms with van der Waals surface area (Å²) in [6.45, 7) is 10.2. The number of hydrogen-bond acceptors (Lipinski definition) is 6. The minimum Gasteiger partial charge on any atom is -0.465 e. The maximum absolute atomic E-state index is 13.5. The number of carbonyl (C=O) groups excluding carboxylic acids is 2. The highest BCUT2D eigenvalue weighted by Crippen LogP contribution is 2.50. The molecule has 1 aliphatic heterocycles. The second kappa shape index (κ2) is 10.4. The van der Waals surface area contributed by atoms with Crippen molar-refractivity contribution in [2.45, 2.75) is 63.1 Å². The van der Waals surface area contributed by atoms with E-state index < -0.39 is 4.75 Å². The predicted octanol–water partition coefficient (Wildman–Crippen LogP) is 4.98. The molecule has 7 heteroatoms. The topological polar surface area (TPSA) is 64.6 Å². The van der Waals surface area contributed by atoms with Gasteiger partial charge in [0.1, 0.15) is 4.75 Å². The van der Waals surface area contributed by atoms with E-state index in [1.54, 1.807) is 19.1 Å². The van der Waals surface area contributed by atoms with Crippen molar-refractivity contribution >= 4 is 35.3 Å². The van der Waals surface area contributed by atoms with Gasteiger partial charge in [0.25, 0.3) is 0 Å². The van der Waals surface area contributed by atoms with Crippen LogP contribution in [0.2, 0.25) is 5.02 Å². The Hall–Kier alpha value is -1.66. The lowest BCUT2D eigenvalue weighted by Gasteiger charge is -2.47. The summed E-state index contributed by atoms with van der Waals surface area (Å²) in [6.07, 6.45) is 1.32. The smallest absolute Gasteiger partial charge is 0.336 e. The third-order valence-corrected chi connectivity index (χ3v) is 7.01. The van der Waals surface area contributed by atoms with Gasteiger partial charge in [-0.1, -0.05) is 25.4 Å². The minimum absolute atomic E-state index is 0.254. The van der Waals surface area contributed by atoms with Gasteiger partial charge in [0.2, 0.25) is 0 Å².